The van der Waals surface area contributed by atoms with Crippen LogP contribution in [0.2, 0.25) is 0 Å². The number of carbonyl (C=O) groups excluding carboxylic acids is 1. The fourth-order valence-electron chi connectivity index (χ4n) is 4.58. The van der Waals surface area contributed by atoms with Crippen molar-refractivity contribution in [2.75, 3.05) is 19.8 Å². The Morgan fingerprint density at radius 1 is 1.04 bits per heavy atom. The van der Waals surface area contributed by atoms with Gasteiger partial charge in [0.15, 0.2) is 6.29 Å². The van der Waals surface area contributed by atoms with Gasteiger partial charge in [0, 0.05) is 6.54 Å². The van der Waals surface area contributed by atoms with Crippen LogP contribution in [0.25, 0.3) is 11.1 Å². The predicted molar refractivity (Wildman–Crippen MR) is 110 cm³/mol. The number of benzene rings is 2. The summed E-state index contributed by atoms with van der Waals surface area (Å²) in [4.78, 5) is 13.6. The first-order chi connectivity index (χ1) is 13.8. The summed E-state index contributed by atoms with van der Waals surface area (Å²) in [5.41, 5.74) is 3.95. The minimum absolute atomic E-state index is 0.109. The average Bonchev–Trinajstić information content (AvgIpc) is 3.04. The molecule has 4 heteroatoms. The molecule has 1 fully saturated rings. The van der Waals surface area contributed by atoms with Crippen LogP contribution < -0.4 is 5.32 Å². The number of nitrogens with one attached hydrogen (secondary N) is 1. The summed E-state index contributed by atoms with van der Waals surface area (Å²) in [6.45, 7) is 4.30. The maximum Gasteiger partial charge on any atom is 0.235 e. The lowest BCUT2D eigenvalue weighted by molar-refractivity contribution is -0.182. The van der Waals surface area contributed by atoms with Gasteiger partial charge in [-0.1, -0.05) is 55.5 Å². The highest BCUT2D eigenvalue weighted by molar-refractivity contribution is 6.00. The summed E-state index contributed by atoms with van der Waals surface area (Å²) in [7, 11) is 0. The molecule has 0 unspecified atom stereocenters. The summed E-state index contributed by atoms with van der Waals surface area (Å²) in [6.07, 6.45) is 4.17. The highest BCUT2D eigenvalue weighted by atomic mass is 16.7. The highest BCUT2D eigenvalue weighted by Crippen LogP contribution is 2.51. The standard InChI is InChI=1S/C24H29NO3/c1-2-15-25-23(26)24(14-7-13-22-27-16-8-17-28-22)20-11-5-3-9-18(20)19-10-4-6-12-21(19)24/h3-6,9-12,22H,2,7-8,13-17H2,1H3,(H,25,26). The summed E-state index contributed by atoms with van der Waals surface area (Å²) in [5.74, 6) is 0.109. The Labute approximate surface area is 167 Å². The smallest absolute Gasteiger partial charge is 0.235 e. The van der Waals surface area contributed by atoms with E-state index < -0.39 is 5.41 Å². The molecule has 4 rings (SSSR count). The zero-order valence-electron chi connectivity index (χ0n) is 16.6. The Morgan fingerprint density at radius 2 is 1.64 bits per heavy atom. The summed E-state index contributed by atoms with van der Waals surface area (Å²) in [5, 5.41) is 3.18. The van der Waals surface area contributed by atoms with Crippen molar-refractivity contribution in [2.24, 2.45) is 0 Å². The van der Waals surface area contributed by atoms with Crippen LogP contribution in [-0.2, 0) is 19.7 Å². The molecule has 0 bridgehead atoms. The van der Waals surface area contributed by atoms with Crippen LogP contribution >= 0.6 is 0 Å². The second kappa shape index (κ2) is 8.46. The Bertz CT molecular complexity index is 781. The fourth-order valence-corrected chi connectivity index (χ4v) is 4.58. The Kier molecular flexibility index (Phi) is 5.79. The third-order valence-electron chi connectivity index (χ3n) is 5.87. The third kappa shape index (κ3) is 3.36. The summed E-state index contributed by atoms with van der Waals surface area (Å²) in [6, 6.07) is 16.7. The van der Waals surface area contributed by atoms with E-state index >= 15 is 0 Å². The van der Waals surface area contributed by atoms with Crippen molar-refractivity contribution in [3.8, 4) is 11.1 Å². The van der Waals surface area contributed by atoms with Gasteiger partial charge in [0.25, 0.3) is 0 Å². The quantitative estimate of drug-likeness (QED) is 0.775. The lowest BCUT2D eigenvalue weighted by Gasteiger charge is -2.32. The summed E-state index contributed by atoms with van der Waals surface area (Å²) >= 11 is 0. The van der Waals surface area contributed by atoms with E-state index in [1.54, 1.807) is 0 Å². The van der Waals surface area contributed by atoms with Gasteiger partial charge in [-0.15, -0.1) is 0 Å². The molecule has 1 amide bonds. The van der Waals surface area contributed by atoms with Gasteiger partial charge in [0.05, 0.1) is 13.2 Å². The first-order valence-corrected chi connectivity index (χ1v) is 10.5. The van der Waals surface area contributed by atoms with Gasteiger partial charge in [-0.05, 0) is 54.4 Å². The number of carbonyl (C=O) groups is 1. The van der Waals surface area contributed by atoms with E-state index in [1.807, 2.05) is 12.1 Å². The molecular formula is C24H29NO3. The molecule has 0 atom stereocenters. The molecular weight excluding hydrogens is 350 g/mol. The minimum atomic E-state index is -0.642. The maximum atomic E-state index is 13.6. The van der Waals surface area contributed by atoms with E-state index in [1.165, 1.54) is 11.1 Å². The van der Waals surface area contributed by atoms with Gasteiger partial charge in [-0.3, -0.25) is 4.79 Å². The van der Waals surface area contributed by atoms with Crippen molar-refractivity contribution in [3.63, 3.8) is 0 Å². The molecule has 1 saturated heterocycles. The van der Waals surface area contributed by atoms with E-state index in [4.69, 9.17) is 9.47 Å². The molecule has 1 aliphatic carbocycles. The van der Waals surface area contributed by atoms with Gasteiger partial charge in [0.1, 0.15) is 5.41 Å². The first kappa shape index (κ1) is 19.2. The van der Waals surface area contributed by atoms with Crippen molar-refractivity contribution < 1.29 is 14.3 Å². The number of amides is 1. The Balaban J connectivity index is 1.68. The predicted octanol–water partition coefficient (Wildman–Crippen LogP) is 4.41. The number of ether oxygens (including phenoxy) is 2. The van der Waals surface area contributed by atoms with Crippen molar-refractivity contribution >= 4 is 5.91 Å². The van der Waals surface area contributed by atoms with Crippen LogP contribution in [-0.4, -0.2) is 32.0 Å². The zero-order valence-corrected chi connectivity index (χ0v) is 16.6. The number of hydrogen-bond donors (Lipinski definition) is 1. The molecule has 0 spiro atoms. The van der Waals surface area contributed by atoms with Gasteiger partial charge >= 0.3 is 0 Å². The average molecular weight is 380 g/mol. The van der Waals surface area contributed by atoms with Crippen LogP contribution in [0, 0.1) is 0 Å². The number of hydrogen-bond acceptors (Lipinski definition) is 3. The van der Waals surface area contributed by atoms with Gasteiger partial charge in [-0.25, -0.2) is 0 Å². The first-order valence-electron chi connectivity index (χ1n) is 10.5. The topological polar surface area (TPSA) is 47.6 Å². The molecule has 148 valence electrons. The normalized spacial score (nSPS) is 17.8. The van der Waals surface area contributed by atoms with Crippen LogP contribution in [0.4, 0.5) is 0 Å². The molecule has 2 aliphatic rings. The Morgan fingerprint density at radius 3 is 2.25 bits per heavy atom. The lowest BCUT2D eigenvalue weighted by Crippen LogP contribution is -2.44. The molecule has 0 radical (unpaired) electrons. The molecule has 1 heterocycles. The molecule has 2 aromatic carbocycles. The van der Waals surface area contributed by atoms with E-state index in [9.17, 15) is 4.79 Å². The largest absolute Gasteiger partial charge is 0.355 e. The fraction of sp³-hybridized carbons (Fsp3) is 0.458. The third-order valence-corrected chi connectivity index (χ3v) is 5.87. The molecule has 0 aromatic heterocycles. The van der Waals surface area contributed by atoms with Crippen molar-refractivity contribution in [3.05, 3.63) is 59.7 Å². The van der Waals surface area contributed by atoms with Crippen molar-refractivity contribution in [2.45, 2.75) is 50.7 Å². The zero-order chi connectivity index (χ0) is 19.4. The van der Waals surface area contributed by atoms with Crippen LogP contribution in [0.3, 0.4) is 0 Å². The van der Waals surface area contributed by atoms with E-state index in [-0.39, 0.29) is 12.2 Å². The van der Waals surface area contributed by atoms with Crippen molar-refractivity contribution in [1.29, 1.82) is 0 Å². The molecule has 1 aliphatic heterocycles. The van der Waals surface area contributed by atoms with Gasteiger partial charge in [-0.2, -0.15) is 0 Å². The molecule has 28 heavy (non-hydrogen) atoms. The van der Waals surface area contributed by atoms with Crippen LogP contribution in [0.1, 0.15) is 50.2 Å². The number of rotatable bonds is 7. The second-order valence-corrected chi connectivity index (χ2v) is 7.67. The van der Waals surface area contributed by atoms with Gasteiger partial charge in [0.2, 0.25) is 5.91 Å². The monoisotopic (exact) mass is 379 g/mol. The molecule has 0 saturated carbocycles. The van der Waals surface area contributed by atoms with Crippen LogP contribution in [0.15, 0.2) is 48.5 Å². The Hall–Kier alpha value is -2.17. The number of fused-ring (bicyclic) bond motifs is 3. The SMILES string of the molecule is CCCNC(=O)C1(CCCC2OCCCO2)c2ccccc2-c2ccccc21. The maximum absolute atomic E-state index is 13.6. The van der Waals surface area contributed by atoms with E-state index in [0.29, 0.717) is 6.54 Å². The van der Waals surface area contributed by atoms with E-state index in [2.05, 4.69) is 48.6 Å². The molecule has 1 N–H and O–H groups in total. The second-order valence-electron chi connectivity index (χ2n) is 7.67. The highest BCUT2D eigenvalue weighted by Gasteiger charge is 2.48. The van der Waals surface area contributed by atoms with Gasteiger partial charge < -0.3 is 14.8 Å². The van der Waals surface area contributed by atoms with E-state index in [0.717, 1.165) is 56.4 Å². The molecule has 2 aromatic rings. The summed E-state index contributed by atoms with van der Waals surface area (Å²) < 4.78 is 11.4. The minimum Gasteiger partial charge on any atom is -0.355 e. The van der Waals surface area contributed by atoms with Crippen molar-refractivity contribution in [1.82, 2.24) is 5.32 Å². The lowest BCUT2D eigenvalue weighted by atomic mass is 9.73. The molecule has 4 nitrogen and oxygen atoms in total. The van der Waals surface area contributed by atoms with Crippen LogP contribution in [0.5, 0.6) is 0 Å².